The van der Waals surface area contributed by atoms with Crippen molar-refractivity contribution in [1.82, 2.24) is 5.32 Å². The van der Waals surface area contributed by atoms with E-state index in [0.717, 1.165) is 25.0 Å². The minimum absolute atomic E-state index is 0.195. The minimum atomic E-state index is -4.34. The number of benzene rings is 1. The maximum Gasteiger partial charge on any atom is 0.416 e. The molecule has 0 bridgehead atoms. The molecule has 7 heteroatoms. The van der Waals surface area contributed by atoms with Crippen LogP contribution in [0.5, 0.6) is 0 Å². The summed E-state index contributed by atoms with van der Waals surface area (Å²) >= 11 is 1.28. The van der Waals surface area contributed by atoms with Gasteiger partial charge in [0.05, 0.1) is 5.56 Å². The molecule has 0 radical (unpaired) electrons. The summed E-state index contributed by atoms with van der Waals surface area (Å²) in [6, 6.07) is 4.61. The number of aliphatic carboxylic acids is 1. The summed E-state index contributed by atoms with van der Waals surface area (Å²) in [6.07, 6.45) is -2.50. The third kappa shape index (κ3) is 4.93. The Hall–Kier alpha value is -1.21. The highest BCUT2D eigenvalue weighted by molar-refractivity contribution is 7.99. The molecule has 2 rings (SSSR count). The lowest BCUT2D eigenvalue weighted by molar-refractivity contribution is -0.140. The number of rotatable bonds is 7. The topological polar surface area (TPSA) is 49.3 Å². The van der Waals surface area contributed by atoms with Crippen molar-refractivity contribution in [2.24, 2.45) is 5.92 Å². The first kappa shape index (κ1) is 16.2. The number of halogens is 3. The number of hydrogen-bond acceptors (Lipinski definition) is 3. The van der Waals surface area contributed by atoms with E-state index in [0.29, 0.717) is 17.2 Å². The Labute approximate surface area is 124 Å². The maximum atomic E-state index is 12.6. The van der Waals surface area contributed by atoms with Crippen LogP contribution < -0.4 is 5.32 Å². The summed E-state index contributed by atoms with van der Waals surface area (Å²) in [5.74, 6) is -0.139. The standard InChI is InChI=1S/C14H16F3NO2S/c15-14(16,17)10-2-1-3-11(8-10)21-7-6-18-12(13(19)20)9-4-5-9/h1-3,8-9,12,18H,4-7H2,(H,19,20). The zero-order valence-electron chi connectivity index (χ0n) is 11.2. The van der Waals surface area contributed by atoms with Crippen LogP contribution in [0.3, 0.4) is 0 Å². The Morgan fingerprint density at radius 1 is 1.43 bits per heavy atom. The van der Waals surface area contributed by atoms with Crippen molar-refractivity contribution in [2.75, 3.05) is 12.3 Å². The second-order valence-electron chi connectivity index (χ2n) is 4.98. The average Bonchev–Trinajstić information content (AvgIpc) is 3.22. The molecule has 1 aromatic carbocycles. The van der Waals surface area contributed by atoms with Gasteiger partial charge in [0.25, 0.3) is 0 Å². The number of thioether (sulfide) groups is 1. The monoisotopic (exact) mass is 319 g/mol. The van der Waals surface area contributed by atoms with Crippen LogP contribution in [0.1, 0.15) is 18.4 Å². The van der Waals surface area contributed by atoms with E-state index in [-0.39, 0.29) is 5.92 Å². The first-order valence-corrected chi connectivity index (χ1v) is 7.63. The molecule has 1 unspecified atom stereocenters. The lowest BCUT2D eigenvalue weighted by atomic mass is 10.2. The number of carbonyl (C=O) groups is 1. The molecular formula is C14H16F3NO2S. The molecule has 0 amide bonds. The van der Waals surface area contributed by atoms with Gasteiger partial charge < -0.3 is 10.4 Å². The first-order chi connectivity index (χ1) is 9.88. The van der Waals surface area contributed by atoms with Gasteiger partial charge in [-0.15, -0.1) is 11.8 Å². The van der Waals surface area contributed by atoms with E-state index in [1.165, 1.54) is 17.8 Å². The van der Waals surface area contributed by atoms with E-state index < -0.39 is 23.8 Å². The fraction of sp³-hybridized carbons (Fsp3) is 0.500. The summed E-state index contributed by atoms with van der Waals surface area (Å²) in [5, 5.41) is 12.0. The molecule has 0 spiro atoms. The van der Waals surface area contributed by atoms with E-state index in [1.54, 1.807) is 6.07 Å². The smallest absolute Gasteiger partial charge is 0.416 e. The van der Waals surface area contributed by atoms with Gasteiger partial charge in [0, 0.05) is 17.2 Å². The number of carboxylic acid groups (broad SMARTS) is 1. The summed E-state index contributed by atoms with van der Waals surface area (Å²) in [4.78, 5) is 11.5. The second kappa shape index (κ2) is 6.70. The van der Waals surface area contributed by atoms with Crippen LogP contribution in [-0.4, -0.2) is 29.4 Å². The normalized spacial score (nSPS) is 16.7. The Balaban J connectivity index is 1.79. The number of hydrogen-bond donors (Lipinski definition) is 2. The Bertz CT molecular complexity index is 503. The van der Waals surface area contributed by atoms with Crippen LogP contribution in [0, 0.1) is 5.92 Å². The van der Waals surface area contributed by atoms with Crippen molar-refractivity contribution >= 4 is 17.7 Å². The molecule has 0 aliphatic heterocycles. The zero-order valence-corrected chi connectivity index (χ0v) is 12.0. The van der Waals surface area contributed by atoms with Crippen LogP contribution in [0.4, 0.5) is 13.2 Å². The van der Waals surface area contributed by atoms with Gasteiger partial charge in [-0.05, 0) is 37.0 Å². The van der Waals surface area contributed by atoms with Gasteiger partial charge in [0.2, 0.25) is 0 Å². The fourth-order valence-electron chi connectivity index (χ4n) is 2.03. The second-order valence-corrected chi connectivity index (χ2v) is 6.15. The number of nitrogens with one attached hydrogen (secondary N) is 1. The van der Waals surface area contributed by atoms with E-state index in [2.05, 4.69) is 5.32 Å². The van der Waals surface area contributed by atoms with E-state index in [9.17, 15) is 18.0 Å². The SMILES string of the molecule is O=C(O)C(NCCSc1cccc(C(F)(F)F)c1)C1CC1. The highest BCUT2D eigenvalue weighted by atomic mass is 32.2. The molecule has 3 nitrogen and oxygen atoms in total. The molecule has 0 saturated heterocycles. The highest BCUT2D eigenvalue weighted by Gasteiger charge is 2.35. The van der Waals surface area contributed by atoms with Crippen LogP contribution >= 0.6 is 11.8 Å². The van der Waals surface area contributed by atoms with Gasteiger partial charge in [-0.2, -0.15) is 13.2 Å². The Morgan fingerprint density at radius 2 is 2.14 bits per heavy atom. The summed E-state index contributed by atoms with van der Waals surface area (Å²) < 4.78 is 37.7. The van der Waals surface area contributed by atoms with Crippen LogP contribution in [-0.2, 0) is 11.0 Å². The van der Waals surface area contributed by atoms with Crippen LogP contribution in [0.25, 0.3) is 0 Å². The van der Waals surface area contributed by atoms with Crippen molar-refractivity contribution in [3.05, 3.63) is 29.8 Å². The van der Waals surface area contributed by atoms with E-state index >= 15 is 0 Å². The average molecular weight is 319 g/mol. The van der Waals surface area contributed by atoms with Gasteiger partial charge >= 0.3 is 12.1 Å². The molecule has 1 aliphatic carbocycles. The molecule has 2 N–H and O–H groups in total. The fourth-order valence-corrected chi connectivity index (χ4v) is 2.87. The molecule has 1 fully saturated rings. The molecule has 0 heterocycles. The molecule has 116 valence electrons. The van der Waals surface area contributed by atoms with Gasteiger partial charge in [0.1, 0.15) is 6.04 Å². The minimum Gasteiger partial charge on any atom is -0.480 e. The van der Waals surface area contributed by atoms with Crippen molar-refractivity contribution in [2.45, 2.75) is 30.0 Å². The first-order valence-electron chi connectivity index (χ1n) is 6.64. The van der Waals surface area contributed by atoms with Gasteiger partial charge in [-0.3, -0.25) is 4.79 Å². The van der Waals surface area contributed by atoms with Crippen molar-refractivity contribution in [1.29, 1.82) is 0 Å². The molecular weight excluding hydrogens is 303 g/mol. The number of carboxylic acids is 1. The van der Waals surface area contributed by atoms with Gasteiger partial charge in [-0.1, -0.05) is 6.07 Å². The van der Waals surface area contributed by atoms with E-state index in [4.69, 9.17) is 5.11 Å². The van der Waals surface area contributed by atoms with Crippen LogP contribution in [0.15, 0.2) is 29.2 Å². The third-order valence-corrected chi connectivity index (χ3v) is 4.25. The molecule has 0 aromatic heterocycles. The predicted octanol–water partition coefficient (Wildman–Crippen LogP) is 3.25. The van der Waals surface area contributed by atoms with Gasteiger partial charge in [-0.25, -0.2) is 0 Å². The molecule has 1 aliphatic rings. The largest absolute Gasteiger partial charge is 0.480 e. The highest BCUT2D eigenvalue weighted by Crippen LogP contribution is 2.33. The van der Waals surface area contributed by atoms with Crippen molar-refractivity contribution in [3.8, 4) is 0 Å². The molecule has 1 aromatic rings. The molecule has 1 atom stereocenters. The lowest BCUT2D eigenvalue weighted by Gasteiger charge is -2.13. The number of alkyl halides is 3. The van der Waals surface area contributed by atoms with Crippen LogP contribution in [0.2, 0.25) is 0 Å². The van der Waals surface area contributed by atoms with Crippen molar-refractivity contribution in [3.63, 3.8) is 0 Å². The van der Waals surface area contributed by atoms with E-state index in [1.807, 2.05) is 0 Å². The zero-order chi connectivity index (χ0) is 15.5. The Morgan fingerprint density at radius 3 is 2.71 bits per heavy atom. The van der Waals surface area contributed by atoms with Gasteiger partial charge in [0.15, 0.2) is 0 Å². The Kier molecular flexibility index (Phi) is 5.16. The predicted molar refractivity (Wildman–Crippen MR) is 74.3 cm³/mol. The van der Waals surface area contributed by atoms with Crippen molar-refractivity contribution < 1.29 is 23.1 Å². The summed E-state index contributed by atoms with van der Waals surface area (Å²) in [6.45, 7) is 0.453. The third-order valence-electron chi connectivity index (χ3n) is 3.26. The maximum absolute atomic E-state index is 12.6. The lowest BCUT2D eigenvalue weighted by Crippen LogP contribution is -2.39. The summed E-state index contributed by atoms with van der Waals surface area (Å²) in [5.41, 5.74) is -0.665. The quantitative estimate of drug-likeness (QED) is 0.598. The molecule has 1 saturated carbocycles. The summed E-state index contributed by atoms with van der Waals surface area (Å²) in [7, 11) is 0. The molecule has 21 heavy (non-hydrogen) atoms.